The van der Waals surface area contributed by atoms with Gasteiger partial charge in [0.05, 0.1) is 5.92 Å². The van der Waals surface area contributed by atoms with Crippen LogP contribution in [0.3, 0.4) is 0 Å². The summed E-state index contributed by atoms with van der Waals surface area (Å²) in [7, 11) is 0. The van der Waals surface area contributed by atoms with Crippen molar-refractivity contribution in [2.24, 2.45) is 5.92 Å². The zero-order chi connectivity index (χ0) is 17.3. The molecule has 6 heteroatoms. The largest absolute Gasteiger partial charge is 0.481 e. The number of nitrogens with zero attached hydrogens (tertiary/aromatic N) is 2. The van der Waals surface area contributed by atoms with Gasteiger partial charge in [-0.15, -0.1) is 0 Å². The van der Waals surface area contributed by atoms with Crippen molar-refractivity contribution in [1.82, 2.24) is 9.80 Å². The van der Waals surface area contributed by atoms with Crippen molar-refractivity contribution in [3.05, 3.63) is 35.4 Å². The fraction of sp³-hybridized carbons (Fsp3) is 0.500. The molecule has 0 saturated carbocycles. The number of hydrogen-bond acceptors (Lipinski definition) is 3. The third-order valence-corrected chi connectivity index (χ3v) is 5.00. The van der Waals surface area contributed by atoms with Gasteiger partial charge in [0, 0.05) is 37.7 Å². The standard InChI is InChI=1S/C18H22N2O4/c1-12-2-4-13(5-3-12)17(22)19-8-6-15(7-9-19)20-11-14(18(23)24)10-16(20)21/h2-5,14-15H,6-11H2,1H3,(H,23,24). The smallest absolute Gasteiger partial charge is 0.308 e. The molecular formula is C18H22N2O4. The summed E-state index contributed by atoms with van der Waals surface area (Å²) >= 11 is 0. The highest BCUT2D eigenvalue weighted by Crippen LogP contribution is 2.26. The van der Waals surface area contributed by atoms with Crippen molar-refractivity contribution in [1.29, 1.82) is 0 Å². The van der Waals surface area contributed by atoms with E-state index >= 15 is 0 Å². The highest BCUT2D eigenvalue weighted by molar-refractivity contribution is 5.94. The Labute approximate surface area is 141 Å². The second-order valence-corrected chi connectivity index (χ2v) is 6.67. The molecule has 128 valence electrons. The number of piperidine rings is 1. The summed E-state index contributed by atoms with van der Waals surface area (Å²) in [5.41, 5.74) is 1.80. The number of carboxylic acids is 1. The number of aliphatic carboxylic acids is 1. The molecule has 1 unspecified atom stereocenters. The molecule has 2 aliphatic heterocycles. The minimum atomic E-state index is -0.905. The molecule has 2 aliphatic rings. The summed E-state index contributed by atoms with van der Waals surface area (Å²) in [6, 6.07) is 7.57. The number of rotatable bonds is 3. The third-order valence-electron chi connectivity index (χ3n) is 5.00. The normalized spacial score (nSPS) is 22.0. The van der Waals surface area contributed by atoms with Gasteiger partial charge in [-0.3, -0.25) is 14.4 Å². The van der Waals surface area contributed by atoms with E-state index in [1.807, 2.05) is 36.1 Å². The van der Waals surface area contributed by atoms with Gasteiger partial charge in [-0.25, -0.2) is 0 Å². The maximum atomic E-state index is 12.5. The summed E-state index contributed by atoms with van der Waals surface area (Å²) in [5, 5.41) is 9.08. The first-order valence-corrected chi connectivity index (χ1v) is 8.34. The van der Waals surface area contributed by atoms with Gasteiger partial charge in [0.15, 0.2) is 0 Å². The SMILES string of the molecule is Cc1ccc(C(=O)N2CCC(N3CC(C(=O)O)CC3=O)CC2)cc1. The Morgan fingerprint density at radius 1 is 1.12 bits per heavy atom. The van der Waals surface area contributed by atoms with Crippen LogP contribution in [-0.2, 0) is 9.59 Å². The number of amides is 2. The minimum Gasteiger partial charge on any atom is -0.481 e. The van der Waals surface area contributed by atoms with E-state index in [4.69, 9.17) is 5.11 Å². The van der Waals surface area contributed by atoms with Crippen LogP contribution in [0.5, 0.6) is 0 Å². The van der Waals surface area contributed by atoms with Gasteiger partial charge in [-0.2, -0.15) is 0 Å². The Bertz CT molecular complexity index is 647. The number of carboxylic acid groups (broad SMARTS) is 1. The fourth-order valence-corrected chi connectivity index (χ4v) is 3.51. The first-order chi connectivity index (χ1) is 11.5. The maximum Gasteiger partial charge on any atom is 0.308 e. The quantitative estimate of drug-likeness (QED) is 0.912. The lowest BCUT2D eigenvalue weighted by Gasteiger charge is -2.36. The Hall–Kier alpha value is -2.37. The summed E-state index contributed by atoms with van der Waals surface area (Å²) in [6.45, 7) is 3.47. The highest BCUT2D eigenvalue weighted by Gasteiger charge is 2.39. The van der Waals surface area contributed by atoms with E-state index in [9.17, 15) is 14.4 Å². The Morgan fingerprint density at radius 2 is 1.75 bits per heavy atom. The second kappa shape index (κ2) is 6.63. The number of carbonyl (C=O) groups excluding carboxylic acids is 2. The lowest BCUT2D eigenvalue weighted by molar-refractivity contribution is -0.141. The average molecular weight is 330 g/mol. The maximum absolute atomic E-state index is 12.5. The Balaban J connectivity index is 1.58. The number of hydrogen-bond donors (Lipinski definition) is 1. The summed E-state index contributed by atoms with van der Waals surface area (Å²) in [6.07, 6.45) is 1.50. The van der Waals surface area contributed by atoms with Crippen molar-refractivity contribution in [3.63, 3.8) is 0 Å². The number of aryl methyl sites for hydroxylation is 1. The molecule has 24 heavy (non-hydrogen) atoms. The first-order valence-electron chi connectivity index (χ1n) is 8.34. The van der Waals surface area contributed by atoms with Crippen LogP contribution in [0.15, 0.2) is 24.3 Å². The van der Waals surface area contributed by atoms with Crippen LogP contribution >= 0.6 is 0 Å². The zero-order valence-corrected chi connectivity index (χ0v) is 13.8. The number of benzene rings is 1. The second-order valence-electron chi connectivity index (χ2n) is 6.67. The van der Waals surface area contributed by atoms with Crippen LogP contribution in [0.25, 0.3) is 0 Å². The van der Waals surface area contributed by atoms with E-state index in [2.05, 4.69) is 0 Å². The van der Waals surface area contributed by atoms with Gasteiger partial charge in [-0.1, -0.05) is 17.7 Å². The molecule has 1 atom stereocenters. The number of likely N-dealkylation sites (tertiary alicyclic amines) is 2. The van der Waals surface area contributed by atoms with Crippen molar-refractivity contribution >= 4 is 17.8 Å². The molecule has 6 nitrogen and oxygen atoms in total. The van der Waals surface area contributed by atoms with E-state index in [0.717, 1.165) is 5.56 Å². The number of carbonyl (C=O) groups is 3. The van der Waals surface area contributed by atoms with Crippen molar-refractivity contribution in [2.45, 2.75) is 32.2 Å². The first kappa shape index (κ1) is 16.5. The predicted octanol–water partition coefficient (Wildman–Crippen LogP) is 1.53. The van der Waals surface area contributed by atoms with Crippen LogP contribution in [0.2, 0.25) is 0 Å². The molecule has 2 fully saturated rings. The Morgan fingerprint density at radius 3 is 2.29 bits per heavy atom. The van der Waals surface area contributed by atoms with E-state index in [1.165, 1.54) is 0 Å². The highest BCUT2D eigenvalue weighted by atomic mass is 16.4. The van der Waals surface area contributed by atoms with Crippen LogP contribution < -0.4 is 0 Å². The molecule has 0 aromatic heterocycles. The molecule has 1 aromatic carbocycles. The van der Waals surface area contributed by atoms with E-state index in [0.29, 0.717) is 38.0 Å². The van der Waals surface area contributed by atoms with Crippen LogP contribution in [0, 0.1) is 12.8 Å². The van der Waals surface area contributed by atoms with Crippen molar-refractivity contribution < 1.29 is 19.5 Å². The lowest BCUT2D eigenvalue weighted by atomic mass is 10.0. The fourth-order valence-electron chi connectivity index (χ4n) is 3.51. The van der Waals surface area contributed by atoms with Gasteiger partial charge in [-0.05, 0) is 31.9 Å². The minimum absolute atomic E-state index is 0.0182. The summed E-state index contributed by atoms with van der Waals surface area (Å²) in [5.74, 6) is -1.56. The Kier molecular flexibility index (Phi) is 4.55. The van der Waals surface area contributed by atoms with E-state index in [1.54, 1.807) is 4.90 Å². The van der Waals surface area contributed by atoms with Gasteiger partial charge in [0.1, 0.15) is 0 Å². The molecule has 2 heterocycles. The summed E-state index contributed by atoms with van der Waals surface area (Å²) < 4.78 is 0. The molecule has 2 amide bonds. The van der Waals surface area contributed by atoms with Crippen molar-refractivity contribution in [3.8, 4) is 0 Å². The molecule has 1 N–H and O–H groups in total. The monoisotopic (exact) mass is 330 g/mol. The van der Waals surface area contributed by atoms with Gasteiger partial charge in [0.2, 0.25) is 5.91 Å². The lowest BCUT2D eigenvalue weighted by Crippen LogP contribution is -2.47. The van der Waals surface area contributed by atoms with E-state index in [-0.39, 0.29) is 24.3 Å². The predicted molar refractivity (Wildman–Crippen MR) is 87.6 cm³/mol. The molecule has 1 aromatic rings. The van der Waals surface area contributed by atoms with Gasteiger partial charge >= 0.3 is 5.97 Å². The molecule has 3 rings (SSSR count). The zero-order valence-electron chi connectivity index (χ0n) is 13.8. The molecule has 0 aliphatic carbocycles. The topological polar surface area (TPSA) is 77.9 Å². The molecule has 0 radical (unpaired) electrons. The van der Waals surface area contributed by atoms with Crippen LogP contribution in [-0.4, -0.2) is 58.4 Å². The van der Waals surface area contributed by atoms with Crippen LogP contribution in [0.4, 0.5) is 0 Å². The van der Waals surface area contributed by atoms with Gasteiger partial charge in [0.25, 0.3) is 5.91 Å². The summed E-state index contributed by atoms with van der Waals surface area (Å²) in [4.78, 5) is 39.1. The van der Waals surface area contributed by atoms with Crippen molar-refractivity contribution in [2.75, 3.05) is 19.6 Å². The van der Waals surface area contributed by atoms with E-state index < -0.39 is 11.9 Å². The van der Waals surface area contributed by atoms with Crippen LogP contribution in [0.1, 0.15) is 35.2 Å². The molecule has 2 saturated heterocycles. The molecule has 0 spiro atoms. The molecule has 0 bridgehead atoms. The molecular weight excluding hydrogens is 308 g/mol. The third kappa shape index (κ3) is 3.27. The average Bonchev–Trinajstić information content (AvgIpc) is 2.97. The van der Waals surface area contributed by atoms with Gasteiger partial charge < -0.3 is 14.9 Å².